The van der Waals surface area contributed by atoms with Gasteiger partial charge in [-0.1, -0.05) is 23.7 Å². The fraction of sp³-hybridized carbons (Fsp3) is 0.125. The molecule has 2 aromatic rings. The van der Waals surface area contributed by atoms with Gasteiger partial charge in [0.2, 0.25) is 5.91 Å². The molecule has 0 aliphatic carbocycles. The van der Waals surface area contributed by atoms with Gasteiger partial charge in [-0.25, -0.2) is 5.43 Å². The van der Waals surface area contributed by atoms with Crippen molar-refractivity contribution in [3.63, 3.8) is 0 Å². The smallest absolute Gasteiger partial charge is 0.250 e. The summed E-state index contributed by atoms with van der Waals surface area (Å²) in [6.45, 7) is 0. The maximum absolute atomic E-state index is 11.7. The zero-order valence-electron chi connectivity index (χ0n) is 12.0. The Kier molecular flexibility index (Phi) is 6.30. The molecule has 2 aromatic carbocycles. The van der Waals surface area contributed by atoms with Crippen LogP contribution in [0.15, 0.2) is 58.5 Å². The minimum absolute atomic E-state index is 0.168. The van der Waals surface area contributed by atoms with E-state index in [-0.39, 0.29) is 11.7 Å². The minimum Gasteiger partial charge on any atom is -0.497 e. The Labute approximate surface area is 138 Å². The normalized spacial score (nSPS) is 10.6. The molecule has 0 fully saturated rings. The molecule has 1 N–H and O–H groups in total. The highest BCUT2D eigenvalue weighted by Gasteiger charge is 2.01. The average molecular weight is 335 g/mol. The molecule has 0 heterocycles. The maximum atomic E-state index is 11.7. The molecule has 0 saturated heterocycles. The molecule has 0 aliphatic rings. The van der Waals surface area contributed by atoms with Gasteiger partial charge in [0.15, 0.2) is 0 Å². The maximum Gasteiger partial charge on any atom is 0.250 e. The molecular weight excluding hydrogens is 320 g/mol. The van der Waals surface area contributed by atoms with Crippen LogP contribution in [-0.2, 0) is 4.79 Å². The van der Waals surface area contributed by atoms with Crippen molar-refractivity contribution in [2.24, 2.45) is 5.10 Å². The lowest BCUT2D eigenvalue weighted by Gasteiger charge is -2.02. The second kappa shape index (κ2) is 8.46. The predicted octanol–water partition coefficient (Wildman–Crippen LogP) is 3.59. The topological polar surface area (TPSA) is 50.7 Å². The second-order valence-corrected chi connectivity index (χ2v) is 5.80. The number of hydrogen-bond donors (Lipinski definition) is 1. The van der Waals surface area contributed by atoms with E-state index in [1.165, 1.54) is 11.8 Å². The van der Waals surface area contributed by atoms with Gasteiger partial charge >= 0.3 is 0 Å². The first-order valence-electron chi connectivity index (χ1n) is 6.52. The first-order valence-corrected chi connectivity index (χ1v) is 7.88. The summed E-state index contributed by atoms with van der Waals surface area (Å²) < 4.78 is 5.12. The second-order valence-electron chi connectivity index (χ2n) is 4.31. The minimum atomic E-state index is -0.168. The highest BCUT2D eigenvalue weighted by molar-refractivity contribution is 8.00. The summed E-state index contributed by atoms with van der Waals surface area (Å²) in [7, 11) is 1.60. The first kappa shape index (κ1) is 16.4. The van der Waals surface area contributed by atoms with Crippen LogP contribution >= 0.6 is 23.4 Å². The summed E-state index contributed by atoms with van der Waals surface area (Å²) in [6.07, 6.45) is 1.58. The Balaban J connectivity index is 1.79. The zero-order chi connectivity index (χ0) is 15.8. The van der Waals surface area contributed by atoms with Crippen molar-refractivity contribution in [2.45, 2.75) is 4.90 Å². The van der Waals surface area contributed by atoms with Crippen LogP contribution in [-0.4, -0.2) is 25.0 Å². The summed E-state index contributed by atoms with van der Waals surface area (Å²) in [6, 6.07) is 14.8. The zero-order valence-corrected chi connectivity index (χ0v) is 13.5. The standard InChI is InChI=1S/C16H15ClN2O2S/c1-21-14-4-2-3-12(9-14)10-18-19-16(20)11-22-15-7-5-13(17)6-8-15/h2-10H,11H2,1H3,(H,19,20)/b18-10-. The van der Waals surface area contributed by atoms with Crippen molar-refractivity contribution in [1.29, 1.82) is 0 Å². The van der Waals surface area contributed by atoms with Crippen LogP contribution in [0.3, 0.4) is 0 Å². The third-order valence-electron chi connectivity index (χ3n) is 2.68. The van der Waals surface area contributed by atoms with Crippen molar-refractivity contribution >= 4 is 35.5 Å². The van der Waals surface area contributed by atoms with Gasteiger partial charge in [0.05, 0.1) is 19.1 Å². The first-order chi connectivity index (χ1) is 10.7. The number of hydrazone groups is 1. The van der Waals surface area contributed by atoms with Gasteiger partial charge in [-0.15, -0.1) is 11.8 Å². The molecule has 1 amide bonds. The van der Waals surface area contributed by atoms with Crippen LogP contribution in [0.2, 0.25) is 5.02 Å². The molecule has 0 spiro atoms. The highest BCUT2D eigenvalue weighted by Crippen LogP contribution is 2.19. The number of halogens is 1. The molecule has 0 radical (unpaired) electrons. The molecule has 0 unspecified atom stereocenters. The fourth-order valence-electron chi connectivity index (χ4n) is 1.61. The largest absolute Gasteiger partial charge is 0.497 e. The molecule has 6 heteroatoms. The number of ether oxygens (including phenoxy) is 1. The number of methoxy groups -OCH3 is 1. The van der Waals surface area contributed by atoms with Crippen molar-refractivity contribution < 1.29 is 9.53 Å². The van der Waals surface area contributed by atoms with E-state index < -0.39 is 0 Å². The van der Waals surface area contributed by atoms with E-state index in [0.717, 1.165) is 16.2 Å². The van der Waals surface area contributed by atoms with Gasteiger partial charge in [0, 0.05) is 9.92 Å². The number of carbonyl (C=O) groups excluding carboxylic acids is 1. The van der Waals surface area contributed by atoms with Gasteiger partial charge in [0.1, 0.15) is 5.75 Å². The number of benzene rings is 2. The van der Waals surface area contributed by atoms with Crippen molar-refractivity contribution in [1.82, 2.24) is 5.43 Å². The van der Waals surface area contributed by atoms with E-state index in [4.69, 9.17) is 16.3 Å². The molecular formula is C16H15ClN2O2S. The summed E-state index contributed by atoms with van der Waals surface area (Å²) >= 11 is 7.23. The number of amides is 1. The van der Waals surface area contributed by atoms with Crippen LogP contribution in [0.1, 0.15) is 5.56 Å². The van der Waals surface area contributed by atoms with E-state index >= 15 is 0 Å². The number of thioether (sulfide) groups is 1. The Morgan fingerprint density at radius 2 is 2.09 bits per heavy atom. The average Bonchev–Trinajstić information content (AvgIpc) is 2.54. The molecule has 0 aromatic heterocycles. The summed E-state index contributed by atoms with van der Waals surface area (Å²) in [5.41, 5.74) is 3.34. The number of rotatable bonds is 6. The molecule has 0 atom stereocenters. The van der Waals surface area contributed by atoms with Gasteiger partial charge in [-0.05, 0) is 42.0 Å². The molecule has 0 aliphatic heterocycles. The third-order valence-corrected chi connectivity index (χ3v) is 3.94. The monoisotopic (exact) mass is 334 g/mol. The van der Waals surface area contributed by atoms with Crippen LogP contribution in [0.4, 0.5) is 0 Å². The Hall–Kier alpha value is -1.98. The van der Waals surface area contributed by atoms with Crippen LogP contribution < -0.4 is 10.2 Å². The lowest BCUT2D eigenvalue weighted by molar-refractivity contribution is -0.118. The molecule has 22 heavy (non-hydrogen) atoms. The number of carbonyl (C=O) groups is 1. The predicted molar refractivity (Wildman–Crippen MR) is 90.9 cm³/mol. The number of nitrogens with one attached hydrogen (secondary N) is 1. The van der Waals surface area contributed by atoms with E-state index in [1.807, 2.05) is 36.4 Å². The highest BCUT2D eigenvalue weighted by atomic mass is 35.5. The van der Waals surface area contributed by atoms with Crippen LogP contribution in [0, 0.1) is 0 Å². The molecule has 114 valence electrons. The number of hydrogen-bond acceptors (Lipinski definition) is 4. The van der Waals surface area contributed by atoms with Gasteiger partial charge in [-0.2, -0.15) is 5.10 Å². The van der Waals surface area contributed by atoms with E-state index in [2.05, 4.69) is 10.5 Å². The molecule has 0 saturated carbocycles. The Bertz CT molecular complexity index is 659. The van der Waals surface area contributed by atoms with Crippen molar-refractivity contribution in [3.05, 3.63) is 59.1 Å². The lowest BCUT2D eigenvalue weighted by atomic mass is 10.2. The molecule has 4 nitrogen and oxygen atoms in total. The fourth-order valence-corrected chi connectivity index (χ4v) is 2.43. The Morgan fingerprint density at radius 3 is 2.82 bits per heavy atom. The summed E-state index contributed by atoms with van der Waals surface area (Å²) in [5.74, 6) is 0.865. The van der Waals surface area contributed by atoms with E-state index in [1.54, 1.807) is 25.5 Å². The van der Waals surface area contributed by atoms with Gasteiger partial charge in [-0.3, -0.25) is 4.79 Å². The van der Waals surface area contributed by atoms with Crippen LogP contribution in [0.25, 0.3) is 0 Å². The van der Waals surface area contributed by atoms with Gasteiger partial charge < -0.3 is 4.74 Å². The van der Waals surface area contributed by atoms with E-state index in [9.17, 15) is 4.79 Å². The van der Waals surface area contributed by atoms with Crippen molar-refractivity contribution in [2.75, 3.05) is 12.9 Å². The summed E-state index contributed by atoms with van der Waals surface area (Å²) in [4.78, 5) is 12.7. The SMILES string of the molecule is COc1cccc(/C=N\NC(=O)CSc2ccc(Cl)cc2)c1. The quantitative estimate of drug-likeness (QED) is 0.499. The van der Waals surface area contributed by atoms with Crippen LogP contribution in [0.5, 0.6) is 5.75 Å². The molecule has 0 bridgehead atoms. The third kappa shape index (κ3) is 5.42. The summed E-state index contributed by atoms with van der Waals surface area (Å²) in [5, 5.41) is 4.61. The lowest BCUT2D eigenvalue weighted by Crippen LogP contribution is -2.19. The Morgan fingerprint density at radius 1 is 1.32 bits per heavy atom. The molecule has 2 rings (SSSR count). The van der Waals surface area contributed by atoms with Gasteiger partial charge in [0.25, 0.3) is 0 Å². The number of nitrogens with zero attached hydrogens (tertiary/aromatic N) is 1. The van der Waals surface area contributed by atoms with E-state index in [0.29, 0.717) is 5.02 Å². The van der Waals surface area contributed by atoms with Crippen molar-refractivity contribution in [3.8, 4) is 5.75 Å².